The summed E-state index contributed by atoms with van der Waals surface area (Å²) in [4.78, 5) is 11.8. The van der Waals surface area contributed by atoms with Crippen LogP contribution in [0.4, 0.5) is 5.13 Å². The number of aromatic nitrogens is 2. The van der Waals surface area contributed by atoms with Gasteiger partial charge in [-0.3, -0.25) is 4.79 Å². The molecule has 0 aliphatic heterocycles. The van der Waals surface area contributed by atoms with Gasteiger partial charge in [0.25, 0.3) is 0 Å². The van der Waals surface area contributed by atoms with Gasteiger partial charge in [-0.25, -0.2) is 0 Å². The minimum Gasteiger partial charge on any atom is -0.330 e. The third-order valence-corrected chi connectivity index (χ3v) is 5.46. The van der Waals surface area contributed by atoms with Gasteiger partial charge in [-0.2, -0.15) is 0 Å². The van der Waals surface area contributed by atoms with Crippen LogP contribution in [-0.2, 0) is 10.5 Å². The molecule has 2 rings (SSSR count). The standard InChI is InChI=1S/C15H19ClN4OS2/c16-12-7-4-3-6-11(12)10-22-15-20-19-14(23-15)18-13(21)8-2-1-5-9-17/h3-4,6-7H,1-2,5,8-10,17H2,(H,18,19,21). The van der Waals surface area contributed by atoms with Gasteiger partial charge in [-0.15, -0.1) is 10.2 Å². The van der Waals surface area contributed by atoms with Crippen molar-refractivity contribution in [3.05, 3.63) is 34.9 Å². The van der Waals surface area contributed by atoms with Crippen LogP contribution in [0.1, 0.15) is 31.2 Å². The number of benzene rings is 1. The van der Waals surface area contributed by atoms with Crippen molar-refractivity contribution in [2.75, 3.05) is 11.9 Å². The average Bonchev–Trinajstić information content (AvgIpc) is 2.98. The van der Waals surface area contributed by atoms with Crippen LogP contribution in [-0.4, -0.2) is 22.6 Å². The van der Waals surface area contributed by atoms with Gasteiger partial charge in [0.2, 0.25) is 11.0 Å². The molecular formula is C15H19ClN4OS2. The van der Waals surface area contributed by atoms with Gasteiger partial charge >= 0.3 is 0 Å². The first-order valence-electron chi connectivity index (χ1n) is 7.38. The second-order valence-electron chi connectivity index (χ2n) is 4.90. The summed E-state index contributed by atoms with van der Waals surface area (Å²) in [6, 6.07) is 7.72. The zero-order chi connectivity index (χ0) is 16.5. The van der Waals surface area contributed by atoms with Gasteiger partial charge < -0.3 is 11.1 Å². The number of nitrogens with zero attached hydrogens (tertiary/aromatic N) is 2. The predicted octanol–water partition coefficient (Wildman–Crippen LogP) is 3.94. The summed E-state index contributed by atoms with van der Waals surface area (Å²) in [6.07, 6.45) is 3.26. The van der Waals surface area contributed by atoms with E-state index in [-0.39, 0.29) is 5.91 Å². The molecular weight excluding hydrogens is 352 g/mol. The maximum atomic E-state index is 11.8. The van der Waals surface area contributed by atoms with Crippen LogP contribution in [0.25, 0.3) is 0 Å². The Morgan fingerprint density at radius 2 is 2.09 bits per heavy atom. The molecule has 3 N–H and O–H groups in total. The lowest BCUT2D eigenvalue weighted by atomic mass is 10.2. The average molecular weight is 371 g/mol. The molecule has 0 fully saturated rings. The van der Waals surface area contributed by atoms with Gasteiger partial charge in [-0.1, -0.05) is 59.3 Å². The minimum atomic E-state index is -0.0270. The first kappa shape index (κ1) is 18.2. The van der Waals surface area contributed by atoms with E-state index >= 15 is 0 Å². The summed E-state index contributed by atoms with van der Waals surface area (Å²) in [5.74, 6) is 0.697. The lowest BCUT2D eigenvalue weighted by Crippen LogP contribution is -2.11. The van der Waals surface area contributed by atoms with Gasteiger partial charge in [0.05, 0.1) is 0 Å². The first-order valence-corrected chi connectivity index (χ1v) is 9.56. The van der Waals surface area contributed by atoms with Gasteiger partial charge in [-0.05, 0) is 31.0 Å². The molecule has 5 nitrogen and oxygen atoms in total. The van der Waals surface area contributed by atoms with E-state index in [0.29, 0.717) is 18.1 Å². The van der Waals surface area contributed by atoms with Crippen LogP contribution in [0.5, 0.6) is 0 Å². The van der Waals surface area contributed by atoms with Crippen LogP contribution >= 0.6 is 34.7 Å². The number of carbonyl (C=O) groups is 1. The number of carbonyl (C=O) groups excluding carboxylic acids is 1. The number of hydrogen-bond donors (Lipinski definition) is 2. The van der Waals surface area contributed by atoms with Crippen LogP contribution in [0.2, 0.25) is 5.02 Å². The normalized spacial score (nSPS) is 10.7. The molecule has 1 amide bonds. The number of rotatable bonds is 9. The molecule has 1 heterocycles. The van der Waals surface area contributed by atoms with Crippen LogP contribution in [0.3, 0.4) is 0 Å². The van der Waals surface area contributed by atoms with Crippen molar-refractivity contribution in [2.24, 2.45) is 5.73 Å². The second kappa shape index (κ2) is 9.87. The van der Waals surface area contributed by atoms with E-state index in [9.17, 15) is 4.79 Å². The summed E-state index contributed by atoms with van der Waals surface area (Å²) in [6.45, 7) is 0.671. The Morgan fingerprint density at radius 3 is 2.87 bits per heavy atom. The third kappa shape index (κ3) is 6.47. The fourth-order valence-electron chi connectivity index (χ4n) is 1.86. The third-order valence-electron chi connectivity index (χ3n) is 3.07. The van der Waals surface area contributed by atoms with Gasteiger partial charge in [0, 0.05) is 17.2 Å². The van der Waals surface area contributed by atoms with E-state index < -0.39 is 0 Å². The Hall–Kier alpha value is -1.15. The number of anilines is 1. The van der Waals surface area contributed by atoms with Crippen molar-refractivity contribution in [3.63, 3.8) is 0 Å². The summed E-state index contributed by atoms with van der Waals surface area (Å²) in [5.41, 5.74) is 6.48. The lowest BCUT2D eigenvalue weighted by Gasteiger charge is -2.01. The molecule has 0 saturated heterocycles. The van der Waals surface area contributed by atoms with Crippen molar-refractivity contribution < 1.29 is 4.79 Å². The van der Waals surface area contributed by atoms with Crippen LogP contribution in [0.15, 0.2) is 28.6 Å². The van der Waals surface area contributed by atoms with E-state index in [1.807, 2.05) is 24.3 Å². The zero-order valence-corrected chi connectivity index (χ0v) is 15.0. The van der Waals surface area contributed by atoms with Crippen molar-refractivity contribution in [2.45, 2.75) is 35.8 Å². The maximum absolute atomic E-state index is 11.8. The molecule has 23 heavy (non-hydrogen) atoms. The Balaban J connectivity index is 1.77. The molecule has 0 bridgehead atoms. The van der Waals surface area contributed by atoms with Gasteiger partial charge in [0.1, 0.15) is 0 Å². The molecule has 0 aliphatic rings. The summed E-state index contributed by atoms with van der Waals surface area (Å²) in [5, 5.41) is 12.1. The Kier molecular flexibility index (Phi) is 7.81. The Morgan fingerprint density at radius 1 is 1.26 bits per heavy atom. The molecule has 0 aliphatic carbocycles. The predicted molar refractivity (Wildman–Crippen MR) is 97.1 cm³/mol. The zero-order valence-electron chi connectivity index (χ0n) is 12.6. The second-order valence-corrected chi connectivity index (χ2v) is 7.51. The quantitative estimate of drug-likeness (QED) is 0.397. The number of nitrogens with two attached hydrogens (primary N) is 1. The summed E-state index contributed by atoms with van der Waals surface area (Å²) >= 11 is 9.06. The number of hydrogen-bond acceptors (Lipinski definition) is 6. The van der Waals surface area contributed by atoms with Gasteiger partial charge in [0.15, 0.2) is 4.34 Å². The van der Waals surface area contributed by atoms with Crippen molar-refractivity contribution >= 4 is 45.7 Å². The Bertz CT molecular complexity index is 635. The molecule has 124 valence electrons. The molecule has 0 radical (unpaired) electrons. The summed E-state index contributed by atoms with van der Waals surface area (Å²) < 4.78 is 0.809. The maximum Gasteiger partial charge on any atom is 0.226 e. The fraction of sp³-hybridized carbons (Fsp3) is 0.400. The SMILES string of the molecule is NCCCCCC(=O)Nc1nnc(SCc2ccccc2Cl)s1. The Labute approximate surface area is 149 Å². The van der Waals surface area contributed by atoms with E-state index in [1.54, 1.807) is 11.8 Å². The molecule has 0 saturated carbocycles. The highest BCUT2D eigenvalue weighted by Crippen LogP contribution is 2.30. The van der Waals surface area contributed by atoms with Crippen LogP contribution in [0, 0.1) is 0 Å². The highest BCUT2D eigenvalue weighted by molar-refractivity contribution is 8.00. The van der Waals surface area contributed by atoms with Crippen molar-refractivity contribution in [1.82, 2.24) is 10.2 Å². The molecule has 0 unspecified atom stereocenters. The number of unbranched alkanes of at least 4 members (excludes halogenated alkanes) is 2. The van der Waals surface area contributed by atoms with E-state index in [0.717, 1.165) is 39.9 Å². The van der Waals surface area contributed by atoms with Crippen LogP contribution < -0.4 is 11.1 Å². The molecule has 1 aromatic carbocycles. The number of nitrogens with one attached hydrogen (secondary N) is 1. The van der Waals surface area contributed by atoms with E-state index in [2.05, 4.69) is 15.5 Å². The van der Waals surface area contributed by atoms with Crippen molar-refractivity contribution in [3.8, 4) is 0 Å². The molecule has 0 atom stereocenters. The molecule has 0 spiro atoms. The number of thioether (sulfide) groups is 1. The fourth-order valence-corrected chi connectivity index (χ4v) is 3.92. The summed E-state index contributed by atoms with van der Waals surface area (Å²) in [7, 11) is 0. The lowest BCUT2D eigenvalue weighted by molar-refractivity contribution is -0.116. The highest BCUT2D eigenvalue weighted by Gasteiger charge is 2.09. The smallest absolute Gasteiger partial charge is 0.226 e. The highest BCUT2D eigenvalue weighted by atomic mass is 35.5. The number of amides is 1. The van der Waals surface area contributed by atoms with E-state index in [4.69, 9.17) is 17.3 Å². The molecule has 8 heteroatoms. The molecule has 1 aromatic heterocycles. The molecule has 2 aromatic rings. The van der Waals surface area contributed by atoms with E-state index in [1.165, 1.54) is 11.3 Å². The number of halogens is 1. The largest absolute Gasteiger partial charge is 0.330 e. The monoisotopic (exact) mass is 370 g/mol. The topological polar surface area (TPSA) is 80.9 Å². The van der Waals surface area contributed by atoms with Crippen molar-refractivity contribution in [1.29, 1.82) is 0 Å². The minimum absolute atomic E-state index is 0.0270. The first-order chi connectivity index (χ1) is 11.2.